The molecule has 0 spiro atoms. The van der Waals surface area contributed by atoms with Crippen LogP contribution in [0.5, 0.6) is 0 Å². The van der Waals surface area contributed by atoms with Crippen LogP contribution in [0.15, 0.2) is 64.9 Å². The van der Waals surface area contributed by atoms with E-state index in [1.54, 1.807) is 29.5 Å². The number of hydrogen-bond acceptors (Lipinski definition) is 5. The fourth-order valence-electron chi connectivity index (χ4n) is 4.31. The van der Waals surface area contributed by atoms with Crippen molar-refractivity contribution in [1.29, 1.82) is 0 Å². The number of benzene rings is 2. The predicted octanol–water partition coefficient (Wildman–Crippen LogP) is 4.16. The second-order valence-corrected chi connectivity index (χ2v) is 11.6. The average molecular weight is 486 g/mol. The number of thiophene rings is 1. The van der Waals surface area contributed by atoms with Crippen molar-refractivity contribution >= 4 is 38.0 Å². The molecule has 1 aliphatic rings. The molecule has 2 heterocycles. The smallest absolute Gasteiger partial charge is 0.241 e. The molecule has 1 saturated heterocycles. The Hall–Kier alpha value is -2.26. The number of amides is 1. The van der Waals surface area contributed by atoms with Gasteiger partial charge in [0.1, 0.15) is 6.04 Å². The van der Waals surface area contributed by atoms with Gasteiger partial charge in [0.05, 0.1) is 10.9 Å². The summed E-state index contributed by atoms with van der Waals surface area (Å²) in [7, 11) is -3.86. The molecule has 2 atom stereocenters. The van der Waals surface area contributed by atoms with Gasteiger partial charge in [0.2, 0.25) is 15.9 Å². The summed E-state index contributed by atoms with van der Waals surface area (Å²) in [4.78, 5) is 16.9. The fraction of sp³-hybridized carbons (Fsp3) is 0.400. The monoisotopic (exact) mass is 485 g/mol. The molecule has 1 aromatic heterocycles. The molecule has 176 valence electrons. The normalized spacial score (nSPS) is 16.8. The van der Waals surface area contributed by atoms with Crippen LogP contribution >= 0.6 is 11.3 Å². The van der Waals surface area contributed by atoms with Gasteiger partial charge in [-0.2, -0.15) is 4.72 Å². The van der Waals surface area contributed by atoms with E-state index in [1.807, 2.05) is 44.2 Å². The van der Waals surface area contributed by atoms with E-state index in [1.165, 1.54) is 4.88 Å². The van der Waals surface area contributed by atoms with E-state index in [9.17, 15) is 13.2 Å². The summed E-state index contributed by atoms with van der Waals surface area (Å²) in [5.74, 6) is -0.498. The highest BCUT2D eigenvalue weighted by atomic mass is 32.2. The van der Waals surface area contributed by atoms with Gasteiger partial charge in [0.25, 0.3) is 0 Å². The van der Waals surface area contributed by atoms with Crippen LogP contribution in [0.4, 0.5) is 0 Å². The third-order valence-electron chi connectivity index (χ3n) is 6.19. The van der Waals surface area contributed by atoms with Gasteiger partial charge >= 0.3 is 0 Å². The van der Waals surface area contributed by atoms with E-state index in [-0.39, 0.29) is 22.8 Å². The Kier molecular flexibility index (Phi) is 7.48. The molecular weight excluding hydrogens is 454 g/mol. The quantitative estimate of drug-likeness (QED) is 0.477. The molecule has 0 aliphatic carbocycles. The van der Waals surface area contributed by atoms with Crippen LogP contribution in [0.25, 0.3) is 10.8 Å². The number of fused-ring (bicyclic) bond motifs is 1. The van der Waals surface area contributed by atoms with Crippen molar-refractivity contribution in [1.82, 2.24) is 14.9 Å². The van der Waals surface area contributed by atoms with E-state index in [0.29, 0.717) is 6.54 Å². The lowest BCUT2D eigenvalue weighted by Gasteiger charge is -2.28. The molecule has 4 rings (SSSR count). The maximum Gasteiger partial charge on any atom is 0.241 e. The molecule has 1 amide bonds. The predicted molar refractivity (Wildman–Crippen MR) is 134 cm³/mol. The molecule has 0 saturated carbocycles. The Morgan fingerprint density at radius 2 is 1.76 bits per heavy atom. The van der Waals surface area contributed by atoms with Crippen molar-refractivity contribution in [3.05, 3.63) is 64.9 Å². The molecular formula is C25H31N3O3S2. The van der Waals surface area contributed by atoms with Gasteiger partial charge in [-0.15, -0.1) is 11.3 Å². The van der Waals surface area contributed by atoms with Gasteiger partial charge in [-0.25, -0.2) is 8.42 Å². The Balaban J connectivity index is 1.48. The Bertz CT molecular complexity index is 1190. The van der Waals surface area contributed by atoms with E-state index >= 15 is 0 Å². The van der Waals surface area contributed by atoms with Gasteiger partial charge in [-0.3, -0.25) is 9.69 Å². The zero-order chi connectivity index (χ0) is 23.4. The molecule has 2 N–H and O–H groups in total. The van der Waals surface area contributed by atoms with Crippen molar-refractivity contribution in [3.8, 4) is 0 Å². The van der Waals surface area contributed by atoms with Gasteiger partial charge in [0.15, 0.2) is 0 Å². The SMILES string of the molecule is CC(C)C(NS(=O)(=O)c1ccc2ccccc2c1)C(=O)NCC(c1cccs1)N1CCCC1. The second kappa shape index (κ2) is 10.3. The lowest BCUT2D eigenvalue weighted by molar-refractivity contribution is -0.123. The Labute approximate surface area is 200 Å². The highest BCUT2D eigenvalue weighted by Crippen LogP contribution is 2.28. The van der Waals surface area contributed by atoms with E-state index in [0.717, 1.165) is 36.7 Å². The molecule has 1 aliphatic heterocycles. The second-order valence-electron chi connectivity index (χ2n) is 8.87. The standard InChI is InChI=1S/C25H31N3O3S2/c1-18(2)24(27-33(30,31)21-12-11-19-8-3-4-9-20(19)16-21)25(29)26-17-22(23-10-7-15-32-23)28-13-5-6-14-28/h3-4,7-12,15-16,18,22,24,27H,5-6,13-14,17H2,1-2H3,(H,26,29). The van der Waals surface area contributed by atoms with E-state index in [4.69, 9.17) is 0 Å². The van der Waals surface area contributed by atoms with Crippen LogP contribution in [0.3, 0.4) is 0 Å². The summed E-state index contributed by atoms with van der Waals surface area (Å²) < 4.78 is 28.9. The molecule has 33 heavy (non-hydrogen) atoms. The van der Waals surface area contributed by atoms with Crippen LogP contribution in [-0.2, 0) is 14.8 Å². The first kappa shape index (κ1) is 23.9. The average Bonchev–Trinajstić information content (AvgIpc) is 3.52. The van der Waals surface area contributed by atoms with Gasteiger partial charge in [0, 0.05) is 11.4 Å². The molecule has 3 aromatic rings. The minimum absolute atomic E-state index is 0.112. The van der Waals surface area contributed by atoms with Crippen LogP contribution in [-0.4, -0.2) is 44.9 Å². The number of likely N-dealkylation sites (tertiary alicyclic amines) is 1. The molecule has 1 fully saturated rings. The summed E-state index contributed by atoms with van der Waals surface area (Å²) in [6.07, 6.45) is 2.33. The summed E-state index contributed by atoms with van der Waals surface area (Å²) in [5, 5.41) is 6.89. The first-order valence-corrected chi connectivity index (χ1v) is 13.8. The number of carbonyl (C=O) groups excluding carboxylic acids is 1. The third kappa shape index (κ3) is 5.63. The highest BCUT2D eigenvalue weighted by Gasteiger charge is 2.30. The van der Waals surface area contributed by atoms with Crippen molar-refractivity contribution in [2.24, 2.45) is 5.92 Å². The zero-order valence-electron chi connectivity index (χ0n) is 19.0. The number of sulfonamides is 1. The fourth-order valence-corrected chi connectivity index (χ4v) is 6.55. The van der Waals surface area contributed by atoms with Crippen molar-refractivity contribution in [3.63, 3.8) is 0 Å². The van der Waals surface area contributed by atoms with Crippen molar-refractivity contribution in [2.45, 2.75) is 43.7 Å². The maximum atomic E-state index is 13.1. The van der Waals surface area contributed by atoms with Crippen LogP contribution < -0.4 is 10.0 Å². The number of hydrogen-bond donors (Lipinski definition) is 2. The highest BCUT2D eigenvalue weighted by molar-refractivity contribution is 7.89. The molecule has 6 nitrogen and oxygen atoms in total. The molecule has 0 bridgehead atoms. The van der Waals surface area contributed by atoms with Crippen molar-refractivity contribution < 1.29 is 13.2 Å². The van der Waals surface area contributed by atoms with Gasteiger partial charge in [-0.05, 0) is 66.2 Å². The number of rotatable bonds is 9. The van der Waals surface area contributed by atoms with Crippen LogP contribution in [0.1, 0.15) is 37.6 Å². The summed E-state index contributed by atoms with van der Waals surface area (Å²) in [5.41, 5.74) is 0. The van der Waals surface area contributed by atoms with E-state index < -0.39 is 16.1 Å². The molecule has 2 aromatic carbocycles. The minimum atomic E-state index is -3.86. The molecule has 8 heteroatoms. The minimum Gasteiger partial charge on any atom is -0.353 e. The van der Waals surface area contributed by atoms with Gasteiger partial charge < -0.3 is 5.32 Å². The number of nitrogens with zero attached hydrogens (tertiary/aromatic N) is 1. The summed E-state index contributed by atoms with van der Waals surface area (Å²) in [6, 6.07) is 16.0. The maximum absolute atomic E-state index is 13.1. The Morgan fingerprint density at radius 1 is 1.03 bits per heavy atom. The number of nitrogens with one attached hydrogen (secondary N) is 2. The lowest BCUT2D eigenvalue weighted by atomic mass is 10.0. The molecule has 0 radical (unpaired) electrons. The summed E-state index contributed by atoms with van der Waals surface area (Å²) in [6.45, 7) is 6.19. The zero-order valence-corrected chi connectivity index (χ0v) is 20.7. The third-order valence-corrected chi connectivity index (χ3v) is 8.60. The molecule has 2 unspecified atom stereocenters. The van der Waals surface area contributed by atoms with Crippen molar-refractivity contribution in [2.75, 3.05) is 19.6 Å². The lowest BCUT2D eigenvalue weighted by Crippen LogP contribution is -2.51. The first-order valence-electron chi connectivity index (χ1n) is 11.4. The Morgan fingerprint density at radius 3 is 2.42 bits per heavy atom. The largest absolute Gasteiger partial charge is 0.353 e. The van der Waals surface area contributed by atoms with Gasteiger partial charge in [-0.1, -0.05) is 50.2 Å². The first-order chi connectivity index (χ1) is 15.8. The van der Waals surface area contributed by atoms with Crippen LogP contribution in [0.2, 0.25) is 0 Å². The summed E-state index contributed by atoms with van der Waals surface area (Å²) >= 11 is 1.69. The van der Waals surface area contributed by atoms with E-state index in [2.05, 4.69) is 26.4 Å². The number of carbonyl (C=O) groups is 1. The topological polar surface area (TPSA) is 78.5 Å². The van der Waals surface area contributed by atoms with Crippen LogP contribution in [0, 0.1) is 5.92 Å².